The Kier molecular flexibility index (Phi) is 6.65. The molecule has 3 rings (SSSR count). The van der Waals surface area contributed by atoms with E-state index in [-0.39, 0.29) is 5.82 Å². The van der Waals surface area contributed by atoms with E-state index in [1.165, 1.54) is 62.8 Å². The smallest absolute Gasteiger partial charge is 0.151 e. The summed E-state index contributed by atoms with van der Waals surface area (Å²) in [6, 6.07) is 9.57. The van der Waals surface area contributed by atoms with Crippen molar-refractivity contribution in [3.8, 4) is 11.3 Å². The minimum atomic E-state index is -0.388. The Morgan fingerprint density at radius 3 is 2.54 bits per heavy atom. The molecule has 0 spiro atoms. The molecule has 1 aromatic heterocycles. The lowest BCUT2D eigenvalue weighted by atomic mass is 9.77. The molecule has 1 saturated carbocycles. The Morgan fingerprint density at radius 1 is 1.19 bits per heavy atom. The van der Waals surface area contributed by atoms with Gasteiger partial charge in [-0.1, -0.05) is 50.5 Å². The molecule has 0 unspecified atom stereocenters. The topological polar surface area (TPSA) is 25.2 Å². The minimum absolute atomic E-state index is 0.350. The lowest BCUT2D eigenvalue weighted by Gasteiger charge is -2.29. The molecule has 1 fully saturated rings. The molecule has 0 atom stereocenters. The number of hydrogen-bond donors (Lipinski definition) is 0. The number of nitrogens with zero attached hydrogens (tertiary/aromatic N) is 2. The van der Waals surface area contributed by atoms with Crippen molar-refractivity contribution < 1.29 is 4.39 Å². The molecule has 1 aliphatic carbocycles. The van der Waals surface area contributed by atoms with Gasteiger partial charge in [0.05, 0.1) is 17.0 Å². The van der Waals surface area contributed by atoms with Gasteiger partial charge in [-0.25, -0.2) is 4.39 Å². The fraction of sp³-hybridized carbons (Fsp3) is 0.455. The first-order valence-electron chi connectivity index (χ1n) is 9.55. The highest BCUT2D eigenvalue weighted by Crippen LogP contribution is 2.38. The Morgan fingerprint density at radius 2 is 1.92 bits per heavy atom. The Labute approximate surface area is 160 Å². The summed E-state index contributed by atoms with van der Waals surface area (Å²) >= 11 is 4.54. The molecule has 0 radical (unpaired) electrons. The van der Waals surface area contributed by atoms with Crippen LogP contribution in [0.5, 0.6) is 0 Å². The number of benzene rings is 1. The number of hydrogen-bond acceptors (Lipinski definition) is 3. The SMILES string of the molecule is CCCCC1CCC(c2ccc(-c3ncc(N=C=S)cc3F)cc2)CC1. The molecule has 1 aliphatic rings. The summed E-state index contributed by atoms with van der Waals surface area (Å²) in [6.07, 6.45) is 10.8. The molecule has 0 N–H and O–H groups in total. The van der Waals surface area contributed by atoms with Crippen molar-refractivity contribution in [1.29, 1.82) is 0 Å². The van der Waals surface area contributed by atoms with Crippen LogP contribution in [-0.4, -0.2) is 10.1 Å². The second-order valence-electron chi connectivity index (χ2n) is 7.21. The summed E-state index contributed by atoms with van der Waals surface area (Å²) < 4.78 is 14.3. The maximum atomic E-state index is 14.3. The van der Waals surface area contributed by atoms with Gasteiger partial charge in [-0.05, 0) is 55.3 Å². The Hall–Kier alpha value is -1.90. The van der Waals surface area contributed by atoms with Crippen LogP contribution in [0.3, 0.4) is 0 Å². The van der Waals surface area contributed by atoms with Crippen molar-refractivity contribution in [2.45, 2.75) is 57.8 Å². The highest BCUT2D eigenvalue weighted by molar-refractivity contribution is 7.78. The number of aromatic nitrogens is 1. The molecule has 0 aliphatic heterocycles. The summed E-state index contributed by atoms with van der Waals surface area (Å²) in [5.74, 6) is 1.16. The van der Waals surface area contributed by atoms with Gasteiger partial charge in [0.15, 0.2) is 5.82 Å². The molecule has 136 valence electrons. The minimum Gasteiger partial charge on any atom is -0.251 e. The zero-order chi connectivity index (χ0) is 18.4. The van der Waals surface area contributed by atoms with Gasteiger partial charge in [-0.3, -0.25) is 4.98 Å². The van der Waals surface area contributed by atoms with Gasteiger partial charge >= 0.3 is 0 Å². The standard InChI is InChI=1S/C22H25FN2S/c1-2-3-4-16-5-7-17(8-6-16)18-9-11-19(12-10-18)22-21(23)13-20(14-24-22)25-15-26/h9-14,16-17H,2-8H2,1H3. The molecule has 0 bridgehead atoms. The van der Waals surface area contributed by atoms with E-state index in [9.17, 15) is 4.39 Å². The van der Waals surface area contributed by atoms with Crippen molar-refractivity contribution in [2.24, 2.45) is 10.9 Å². The lowest BCUT2D eigenvalue weighted by molar-refractivity contribution is 0.304. The third-order valence-corrected chi connectivity index (χ3v) is 5.56. The number of thiocarbonyl (C=S) groups is 1. The van der Waals surface area contributed by atoms with Gasteiger partial charge in [0.2, 0.25) is 0 Å². The zero-order valence-electron chi connectivity index (χ0n) is 15.2. The average Bonchev–Trinajstić information content (AvgIpc) is 2.67. The summed E-state index contributed by atoms with van der Waals surface area (Å²) in [7, 11) is 0. The second kappa shape index (κ2) is 9.16. The molecule has 2 aromatic rings. The number of isothiocyanates is 1. The molecule has 26 heavy (non-hydrogen) atoms. The van der Waals surface area contributed by atoms with Gasteiger partial charge in [-0.15, -0.1) is 0 Å². The third-order valence-electron chi connectivity index (χ3n) is 5.47. The Bertz CT molecular complexity index is 773. The average molecular weight is 369 g/mol. The number of rotatable bonds is 6. The highest BCUT2D eigenvalue weighted by Gasteiger charge is 2.22. The predicted octanol–water partition coefficient (Wildman–Crippen LogP) is 7.09. The molecule has 1 heterocycles. The van der Waals surface area contributed by atoms with Gasteiger partial charge in [-0.2, -0.15) is 4.99 Å². The van der Waals surface area contributed by atoms with Crippen LogP contribution in [0.25, 0.3) is 11.3 Å². The maximum Gasteiger partial charge on any atom is 0.151 e. The van der Waals surface area contributed by atoms with Crippen LogP contribution in [0.15, 0.2) is 41.5 Å². The van der Waals surface area contributed by atoms with Crippen molar-refractivity contribution in [2.75, 3.05) is 0 Å². The molecule has 0 saturated heterocycles. The summed E-state index contributed by atoms with van der Waals surface area (Å²) in [5.41, 5.74) is 2.90. The van der Waals surface area contributed by atoms with Crippen LogP contribution >= 0.6 is 12.2 Å². The molecule has 4 heteroatoms. The van der Waals surface area contributed by atoms with Gasteiger partial charge < -0.3 is 0 Å². The van der Waals surface area contributed by atoms with Crippen molar-refractivity contribution >= 4 is 23.1 Å². The number of halogens is 1. The lowest BCUT2D eigenvalue weighted by Crippen LogP contribution is -2.13. The first-order valence-corrected chi connectivity index (χ1v) is 9.95. The summed E-state index contributed by atoms with van der Waals surface area (Å²) in [4.78, 5) is 7.96. The Balaban J connectivity index is 1.67. The van der Waals surface area contributed by atoms with E-state index in [1.807, 2.05) is 12.1 Å². The zero-order valence-corrected chi connectivity index (χ0v) is 16.1. The van der Waals surface area contributed by atoms with Gasteiger partial charge in [0.1, 0.15) is 5.69 Å². The van der Waals surface area contributed by atoms with Crippen LogP contribution in [-0.2, 0) is 0 Å². The number of pyridine rings is 1. The fourth-order valence-electron chi connectivity index (χ4n) is 3.94. The second-order valence-corrected chi connectivity index (χ2v) is 7.39. The molecule has 0 amide bonds. The normalized spacial score (nSPS) is 19.8. The van der Waals surface area contributed by atoms with E-state index in [2.05, 4.69) is 46.4 Å². The number of unbranched alkanes of at least 4 members (excludes halogenated alkanes) is 1. The van der Waals surface area contributed by atoms with Crippen molar-refractivity contribution in [3.05, 3.63) is 47.9 Å². The molecule has 1 aromatic carbocycles. The monoisotopic (exact) mass is 368 g/mol. The maximum absolute atomic E-state index is 14.3. The van der Waals surface area contributed by atoms with Crippen molar-refractivity contribution in [3.63, 3.8) is 0 Å². The van der Waals surface area contributed by atoms with E-state index in [0.29, 0.717) is 17.3 Å². The van der Waals surface area contributed by atoms with Crippen LogP contribution in [0, 0.1) is 11.7 Å². The predicted molar refractivity (Wildman–Crippen MR) is 109 cm³/mol. The fourth-order valence-corrected chi connectivity index (χ4v) is 4.05. The quantitative estimate of drug-likeness (QED) is 0.402. The molecule has 2 nitrogen and oxygen atoms in total. The van der Waals surface area contributed by atoms with Crippen LogP contribution in [0.4, 0.5) is 10.1 Å². The van der Waals surface area contributed by atoms with Crippen LogP contribution in [0.2, 0.25) is 0 Å². The molecular weight excluding hydrogens is 343 g/mol. The van der Waals surface area contributed by atoms with E-state index >= 15 is 0 Å². The van der Waals surface area contributed by atoms with E-state index in [4.69, 9.17) is 0 Å². The third kappa shape index (κ3) is 4.63. The van der Waals surface area contributed by atoms with Crippen LogP contribution < -0.4 is 0 Å². The largest absolute Gasteiger partial charge is 0.251 e. The first-order chi connectivity index (χ1) is 12.7. The number of aliphatic imine (C=N–C) groups is 1. The van der Waals surface area contributed by atoms with Gasteiger partial charge in [0.25, 0.3) is 0 Å². The van der Waals surface area contributed by atoms with E-state index in [1.54, 1.807) is 0 Å². The first kappa shape index (κ1) is 18.9. The van der Waals surface area contributed by atoms with Crippen LogP contribution in [0.1, 0.15) is 63.4 Å². The summed E-state index contributed by atoms with van der Waals surface area (Å²) in [5, 5.41) is 2.23. The van der Waals surface area contributed by atoms with Gasteiger partial charge in [0, 0.05) is 11.6 Å². The van der Waals surface area contributed by atoms with E-state index in [0.717, 1.165) is 11.5 Å². The van der Waals surface area contributed by atoms with Crippen molar-refractivity contribution in [1.82, 2.24) is 4.98 Å². The molecular formula is C22H25FN2S. The van der Waals surface area contributed by atoms with E-state index < -0.39 is 0 Å². The summed E-state index contributed by atoms with van der Waals surface area (Å²) in [6.45, 7) is 2.27. The highest BCUT2D eigenvalue weighted by atomic mass is 32.1.